The van der Waals surface area contributed by atoms with Gasteiger partial charge in [0.15, 0.2) is 11.8 Å². The Bertz CT molecular complexity index is 1390. The van der Waals surface area contributed by atoms with Gasteiger partial charge in [0.05, 0.1) is 17.2 Å². The van der Waals surface area contributed by atoms with Crippen LogP contribution in [0.2, 0.25) is 0 Å². The largest absolute Gasteiger partial charge is 0.418 e. The molecule has 4 aromatic rings. The number of carbonyl (C=O) groups excluding carboxylic acids is 1. The molecule has 4 N–H and O–H groups in total. The van der Waals surface area contributed by atoms with Crippen molar-refractivity contribution < 1.29 is 18.0 Å². The van der Waals surface area contributed by atoms with E-state index in [0.29, 0.717) is 5.69 Å². The fraction of sp³-hybridized carbons (Fsp3) is 0.107. The molecule has 1 aromatic heterocycles. The lowest BCUT2D eigenvalue weighted by Gasteiger charge is -2.13. The van der Waals surface area contributed by atoms with Gasteiger partial charge in [0.1, 0.15) is 0 Å². The van der Waals surface area contributed by atoms with Crippen molar-refractivity contribution in [3.8, 4) is 11.1 Å². The third kappa shape index (κ3) is 6.52. The summed E-state index contributed by atoms with van der Waals surface area (Å²) in [5.41, 5.74) is 8.04. The van der Waals surface area contributed by atoms with Gasteiger partial charge >= 0.3 is 6.18 Å². The molecule has 37 heavy (non-hydrogen) atoms. The monoisotopic (exact) mass is 503 g/mol. The molecule has 0 radical (unpaired) electrons. The first-order chi connectivity index (χ1) is 17.7. The number of hydrogen-bond donors (Lipinski definition) is 3. The molecule has 6 nitrogen and oxygen atoms in total. The minimum absolute atomic E-state index is 0.105. The van der Waals surface area contributed by atoms with E-state index in [4.69, 9.17) is 5.73 Å². The number of nitrogens with one attached hydrogen (secondary N) is 2. The van der Waals surface area contributed by atoms with Crippen LogP contribution in [0.5, 0.6) is 0 Å². The number of nitrogens with zero attached hydrogens (tertiary/aromatic N) is 2. The number of para-hydroxylation sites is 1. The van der Waals surface area contributed by atoms with Crippen LogP contribution in [-0.4, -0.2) is 16.9 Å². The number of carbonyl (C=O) groups is 1. The van der Waals surface area contributed by atoms with Crippen LogP contribution in [0.4, 0.5) is 30.4 Å². The van der Waals surface area contributed by atoms with Gasteiger partial charge in [0.2, 0.25) is 5.91 Å². The zero-order valence-corrected chi connectivity index (χ0v) is 19.8. The maximum Gasteiger partial charge on any atom is 0.418 e. The number of aliphatic imine (C=N–C) groups is 1. The third-order valence-electron chi connectivity index (χ3n) is 5.66. The lowest BCUT2D eigenvalue weighted by molar-refractivity contribution is -0.136. The molecule has 0 aliphatic carbocycles. The van der Waals surface area contributed by atoms with Crippen LogP contribution in [-0.2, 0) is 11.0 Å². The number of nitrogens with two attached hydrogens (primary N) is 1. The predicted molar refractivity (Wildman–Crippen MR) is 140 cm³/mol. The van der Waals surface area contributed by atoms with Gasteiger partial charge in [-0.25, -0.2) is 4.98 Å². The Labute approximate surface area is 212 Å². The van der Waals surface area contributed by atoms with E-state index in [-0.39, 0.29) is 29.3 Å². The smallest absolute Gasteiger partial charge is 0.369 e. The zero-order chi connectivity index (χ0) is 26.4. The molecule has 0 aliphatic rings. The lowest BCUT2D eigenvalue weighted by Crippen LogP contribution is -2.24. The highest BCUT2D eigenvalue weighted by molar-refractivity contribution is 5.96. The average molecular weight is 504 g/mol. The van der Waals surface area contributed by atoms with E-state index in [9.17, 15) is 18.0 Å². The summed E-state index contributed by atoms with van der Waals surface area (Å²) in [6.07, 6.45) is -2.94. The van der Waals surface area contributed by atoms with Gasteiger partial charge in [0, 0.05) is 17.4 Å². The summed E-state index contributed by atoms with van der Waals surface area (Å²) in [5, 5.41) is 5.40. The topological polar surface area (TPSA) is 92.4 Å². The van der Waals surface area contributed by atoms with Crippen molar-refractivity contribution in [1.29, 1.82) is 0 Å². The van der Waals surface area contributed by atoms with E-state index >= 15 is 0 Å². The Morgan fingerprint density at radius 1 is 0.865 bits per heavy atom. The maximum absolute atomic E-state index is 13.2. The molecule has 0 unspecified atom stereocenters. The van der Waals surface area contributed by atoms with Gasteiger partial charge in [-0.2, -0.15) is 18.2 Å². The van der Waals surface area contributed by atoms with E-state index < -0.39 is 11.7 Å². The quantitative estimate of drug-likeness (QED) is 0.205. The number of rotatable bonds is 6. The van der Waals surface area contributed by atoms with Crippen LogP contribution in [0.15, 0.2) is 102 Å². The first-order valence-corrected chi connectivity index (χ1v) is 11.4. The van der Waals surface area contributed by atoms with Crippen LogP contribution >= 0.6 is 0 Å². The summed E-state index contributed by atoms with van der Waals surface area (Å²) in [5.74, 6) is -0.382. The molecule has 1 amide bonds. The Kier molecular flexibility index (Phi) is 7.52. The molecular weight excluding hydrogens is 479 g/mol. The highest BCUT2D eigenvalue weighted by atomic mass is 19.4. The molecule has 188 valence electrons. The number of pyridine rings is 1. The number of benzene rings is 3. The van der Waals surface area contributed by atoms with Gasteiger partial charge < -0.3 is 16.4 Å². The first kappa shape index (κ1) is 25.4. The number of guanidine groups is 1. The predicted octanol–water partition coefficient (Wildman–Crippen LogP) is 6.57. The second-order valence-corrected chi connectivity index (χ2v) is 8.27. The minimum Gasteiger partial charge on any atom is -0.369 e. The Morgan fingerprint density at radius 2 is 1.51 bits per heavy atom. The molecule has 0 spiro atoms. The summed E-state index contributed by atoms with van der Waals surface area (Å²) >= 11 is 0. The Hall–Kier alpha value is -4.66. The van der Waals surface area contributed by atoms with E-state index in [1.807, 2.05) is 49.4 Å². The zero-order valence-electron chi connectivity index (χ0n) is 19.8. The van der Waals surface area contributed by atoms with Crippen molar-refractivity contribution in [2.24, 2.45) is 10.7 Å². The number of aromatic nitrogens is 1. The van der Waals surface area contributed by atoms with Crippen LogP contribution in [0.3, 0.4) is 0 Å². The molecule has 9 heteroatoms. The minimum atomic E-state index is -4.53. The molecule has 0 saturated carbocycles. The maximum atomic E-state index is 13.2. The van der Waals surface area contributed by atoms with Gasteiger partial charge in [-0.05, 0) is 54.4 Å². The van der Waals surface area contributed by atoms with E-state index in [0.717, 1.165) is 22.8 Å². The lowest BCUT2D eigenvalue weighted by atomic mass is 10.0. The summed E-state index contributed by atoms with van der Waals surface area (Å²) in [6, 6.07) is 25.2. The molecule has 3 aromatic carbocycles. The standard InChI is InChI=1S/C28H24F3N5O/c1-18(19-7-3-2-4-8-19)26(37)34-22-14-11-20(12-15-22)21-13-16-25(33-17-21)36-27(32)35-24-10-6-5-9-23(24)28(29,30)31/h2-18H,1H3,(H,34,37)(H3,32,33,35,36)/t18-/m0/s1. The number of hydrogen-bond acceptors (Lipinski definition) is 3. The molecular formula is C28H24F3N5O. The second kappa shape index (κ2) is 10.9. The van der Waals surface area contributed by atoms with Crippen molar-refractivity contribution in [2.45, 2.75) is 19.0 Å². The average Bonchev–Trinajstić information content (AvgIpc) is 2.89. The Balaban J connectivity index is 1.40. The van der Waals surface area contributed by atoms with Crippen molar-refractivity contribution in [3.63, 3.8) is 0 Å². The molecule has 4 rings (SSSR count). The number of halogens is 3. The number of amides is 1. The summed E-state index contributed by atoms with van der Waals surface area (Å²) < 4.78 is 39.5. The fourth-order valence-corrected chi connectivity index (χ4v) is 3.64. The van der Waals surface area contributed by atoms with Gasteiger partial charge in [-0.1, -0.05) is 54.6 Å². The number of anilines is 2. The van der Waals surface area contributed by atoms with Crippen LogP contribution < -0.4 is 16.4 Å². The number of alkyl halides is 3. The molecule has 1 heterocycles. The molecule has 0 fully saturated rings. The molecule has 0 aliphatic heterocycles. The normalized spacial score (nSPS) is 12.6. The summed E-state index contributed by atoms with van der Waals surface area (Å²) in [4.78, 5) is 20.9. The molecule has 1 atom stereocenters. The second-order valence-electron chi connectivity index (χ2n) is 8.27. The Morgan fingerprint density at radius 3 is 2.16 bits per heavy atom. The first-order valence-electron chi connectivity index (χ1n) is 11.4. The van der Waals surface area contributed by atoms with Gasteiger partial charge in [0.25, 0.3) is 0 Å². The van der Waals surface area contributed by atoms with Crippen LogP contribution in [0.1, 0.15) is 24.0 Å². The van der Waals surface area contributed by atoms with E-state index in [1.165, 1.54) is 18.2 Å². The third-order valence-corrected chi connectivity index (χ3v) is 5.66. The van der Waals surface area contributed by atoms with Crippen molar-refractivity contribution in [3.05, 3.63) is 108 Å². The van der Waals surface area contributed by atoms with Gasteiger partial charge in [-0.3, -0.25) is 4.79 Å². The molecule has 0 saturated heterocycles. The van der Waals surface area contributed by atoms with E-state index in [2.05, 4.69) is 20.6 Å². The molecule has 0 bridgehead atoms. The SMILES string of the molecule is C[C@H](C(=O)Nc1ccc(-c2ccc(N=C(N)Nc3ccccc3C(F)(F)F)nc2)cc1)c1ccccc1. The van der Waals surface area contributed by atoms with Crippen LogP contribution in [0.25, 0.3) is 11.1 Å². The fourth-order valence-electron chi connectivity index (χ4n) is 3.64. The van der Waals surface area contributed by atoms with Crippen LogP contribution in [0, 0.1) is 0 Å². The van der Waals surface area contributed by atoms with E-state index in [1.54, 1.807) is 30.5 Å². The van der Waals surface area contributed by atoms with Crippen molar-refractivity contribution in [2.75, 3.05) is 10.6 Å². The van der Waals surface area contributed by atoms with Crippen molar-refractivity contribution >= 4 is 29.1 Å². The summed E-state index contributed by atoms with van der Waals surface area (Å²) in [7, 11) is 0. The van der Waals surface area contributed by atoms with Gasteiger partial charge in [-0.15, -0.1) is 0 Å². The highest BCUT2D eigenvalue weighted by Gasteiger charge is 2.33. The highest BCUT2D eigenvalue weighted by Crippen LogP contribution is 2.34. The summed E-state index contributed by atoms with van der Waals surface area (Å²) in [6.45, 7) is 1.85. The van der Waals surface area contributed by atoms with Crippen molar-refractivity contribution in [1.82, 2.24) is 4.98 Å².